The van der Waals surface area contributed by atoms with Gasteiger partial charge in [0.15, 0.2) is 0 Å². The Bertz CT molecular complexity index is 547. The summed E-state index contributed by atoms with van der Waals surface area (Å²) in [4.78, 5) is 0. The highest BCUT2D eigenvalue weighted by atomic mass is 79.9. The predicted octanol–water partition coefficient (Wildman–Crippen LogP) is 3.19. The van der Waals surface area contributed by atoms with Gasteiger partial charge >= 0.3 is 0 Å². The molecule has 2 aromatic carbocycles. The van der Waals surface area contributed by atoms with Gasteiger partial charge in [0, 0.05) is 12.0 Å². The second-order valence-electron chi connectivity index (χ2n) is 4.43. The Kier molecular flexibility index (Phi) is 4.69. The van der Waals surface area contributed by atoms with Crippen molar-refractivity contribution in [3.8, 4) is 0 Å². The van der Waals surface area contributed by atoms with Crippen LogP contribution in [-0.2, 0) is 6.42 Å². The second kappa shape index (κ2) is 6.28. The summed E-state index contributed by atoms with van der Waals surface area (Å²) < 4.78 is 14.3. The number of rotatable bonds is 4. The third-order valence-corrected chi connectivity index (χ3v) is 3.66. The lowest BCUT2D eigenvalue weighted by Gasteiger charge is -2.20. The molecule has 4 heteroatoms. The van der Waals surface area contributed by atoms with Gasteiger partial charge in [0.25, 0.3) is 0 Å². The zero-order chi connectivity index (χ0) is 13.8. The summed E-state index contributed by atoms with van der Waals surface area (Å²) >= 11 is 3.12. The molecule has 0 aromatic heterocycles. The summed E-state index contributed by atoms with van der Waals surface area (Å²) in [5, 5.41) is 10.1. The van der Waals surface area contributed by atoms with Crippen molar-refractivity contribution >= 4 is 15.9 Å². The van der Waals surface area contributed by atoms with Crippen LogP contribution in [0.2, 0.25) is 0 Å². The average Bonchev–Trinajstić information content (AvgIpc) is 2.42. The van der Waals surface area contributed by atoms with Gasteiger partial charge in [-0.1, -0.05) is 42.5 Å². The molecule has 0 amide bonds. The molecule has 3 N–H and O–H groups in total. The SMILES string of the molecule is N[C@H](c1cccc(Br)c1F)[C@@H](O)Cc1ccccc1. The molecule has 2 rings (SSSR count). The normalized spacial score (nSPS) is 14.1. The quantitative estimate of drug-likeness (QED) is 0.907. The van der Waals surface area contributed by atoms with E-state index in [4.69, 9.17) is 5.73 Å². The molecule has 0 fully saturated rings. The van der Waals surface area contributed by atoms with Crippen LogP contribution in [0.3, 0.4) is 0 Å². The van der Waals surface area contributed by atoms with Crippen LogP contribution in [0.15, 0.2) is 53.0 Å². The zero-order valence-electron chi connectivity index (χ0n) is 10.3. The largest absolute Gasteiger partial charge is 0.391 e. The highest BCUT2D eigenvalue weighted by Crippen LogP contribution is 2.25. The van der Waals surface area contributed by atoms with E-state index in [0.29, 0.717) is 16.5 Å². The van der Waals surface area contributed by atoms with Crippen molar-refractivity contribution in [1.29, 1.82) is 0 Å². The van der Waals surface area contributed by atoms with Gasteiger partial charge in [0.05, 0.1) is 16.6 Å². The number of nitrogens with two attached hydrogens (primary N) is 1. The Morgan fingerprint density at radius 2 is 1.79 bits per heavy atom. The summed E-state index contributed by atoms with van der Waals surface area (Å²) in [6, 6.07) is 13.7. The highest BCUT2D eigenvalue weighted by Gasteiger charge is 2.21. The fourth-order valence-corrected chi connectivity index (χ4v) is 2.35. The minimum atomic E-state index is -0.828. The van der Waals surface area contributed by atoms with Crippen LogP contribution < -0.4 is 5.73 Å². The Hall–Kier alpha value is -1.23. The maximum atomic E-state index is 13.9. The van der Waals surface area contributed by atoms with Crippen molar-refractivity contribution in [1.82, 2.24) is 0 Å². The van der Waals surface area contributed by atoms with E-state index in [1.807, 2.05) is 30.3 Å². The van der Waals surface area contributed by atoms with Crippen LogP contribution in [0.25, 0.3) is 0 Å². The number of hydrogen-bond acceptors (Lipinski definition) is 2. The third kappa shape index (κ3) is 3.41. The molecule has 0 saturated heterocycles. The van der Waals surface area contributed by atoms with Gasteiger partial charge in [0.1, 0.15) is 5.82 Å². The van der Waals surface area contributed by atoms with Crippen LogP contribution in [0.5, 0.6) is 0 Å². The number of aliphatic hydroxyl groups excluding tert-OH is 1. The number of benzene rings is 2. The van der Waals surface area contributed by atoms with Gasteiger partial charge < -0.3 is 10.8 Å². The maximum Gasteiger partial charge on any atom is 0.142 e. The van der Waals surface area contributed by atoms with Gasteiger partial charge in [-0.25, -0.2) is 4.39 Å². The molecule has 0 saturated carbocycles. The summed E-state index contributed by atoms with van der Waals surface area (Å²) in [6.45, 7) is 0. The van der Waals surface area contributed by atoms with E-state index < -0.39 is 18.0 Å². The van der Waals surface area contributed by atoms with Crippen LogP contribution in [0.4, 0.5) is 4.39 Å². The lowest BCUT2D eigenvalue weighted by Crippen LogP contribution is -2.29. The monoisotopic (exact) mass is 323 g/mol. The summed E-state index contributed by atoms with van der Waals surface area (Å²) in [5.74, 6) is -0.415. The number of halogens is 2. The molecule has 0 spiro atoms. The van der Waals surface area contributed by atoms with E-state index in [2.05, 4.69) is 15.9 Å². The second-order valence-corrected chi connectivity index (χ2v) is 5.28. The van der Waals surface area contributed by atoms with E-state index >= 15 is 0 Å². The lowest BCUT2D eigenvalue weighted by atomic mass is 9.96. The Morgan fingerprint density at radius 1 is 1.11 bits per heavy atom. The van der Waals surface area contributed by atoms with Crippen LogP contribution >= 0.6 is 15.9 Å². The molecule has 0 unspecified atom stereocenters. The third-order valence-electron chi connectivity index (χ3n) is 3.04. The topological polar surface area (TPSA) is 46.2 Å². The molecule has 2 aromatic rings. The van der Waals surface area contributed by atoms with Gasteiger partial charge in [-0.05, 0) is 27.6 Å². The Labute approximate surface area is 120 Å². The Balaban J connectivity index is 2.15. The first-order valence-electron chi connectivity index (χ1n) is 6.01. The summed E-state index contributed by atoms with van der Waals surface area (Å²) in [7, 11) is 0. The molecule has 0 aliphatic carbocycles. The van der Waals surface area contributed by atoms with Crippen molar-refractivity contribution in [2.45, 2.75) is 18.6 Å². The van der Waals surface area contributed by atoms with E-state index in [9.17, 15) is 9.50 Å². The van der Waals surface area contributed by atoms with E-state index in [-0.39, 0.29) is 0 Å². The van der Waals surface area contributed by atoms with Crippen LogP contribution in [0, 0.1) is 5.82 Å². The van der Waals surface area contributed by atoms with Crippen LogP contribution in [0.1, 0.15) is 17.2 Å². The van der Waals surface area contributed by atoms with Gasteiger partial charge in [0.2, 0.25) is 0 Å². The minimum absolute atomic E-state index is 0.317. The lowest BCUT2D eigenvalue weighted by molar-refractivity contribution is 0.143. The molecule has 0 heterocycles. The zero-order valence-corrected chi connectivity index (χ0v) is 11.8. The highest BCUT2D eigenvalue weighted by molar-refractivity contribution is 9.10. The predicted molar refractivity (Wildman–Crippen MR) is 77.2 cm³/mol. The molecule has 19 heavy (non-hydrogen) atoms. The van der Waals surface area contributed by atoms with Gasteiger partial charge in [-0.2, -0.15) is 0 Å². The standard InChI is InChI=1S/C15H15BrFNO/c16-12-8-4-7-11(14(12)17)15(18)13(19)9-10-5-2-1-3-6-10/h1-8,13,15,19H,9,18H2/t13-,15+/m0/s1. The Morgan fingerprint density at radius 3 is 2.47 bits per heavy atom. The van der Waals surface area contributed by atoms with Crippen molar-refractivity contribution in [3.63, 3.8) is 0 Å². The first kappa shape index (κ1) is 14.2. The average molecular weight is 324 g/mol. The molecule has 0 radical (unpaired) electrons. The fraction of sp³-hybridized carbons (Fsp3) is 0.200. The van der Waals surface area contributed by atoms with Crippen molar-refractivity contribution < 1.29 is 9.50 Å². The molecule has 0 aliphatic rings. The molecule has 0 bridgehead atoms. The van der Waals surface area contributed by atoms with Crippen molar-refractivity contribution in [3.05, 3.63) is 69.9 Å². The first-order chi connectivity index (χ1) is 9.09. The first-order valence-corrected chi connectivity index (χ1v) is 6.80. The molecule has 0 aliphatic heterocycles. The summed E-state index contributed by atoms with van der Waals surface area (Å²) in [6.07, 6.45) is -0.431. The molecule has 100 valence electrons. The number of aliphatic hydroxyl groups is 1. The minimum Gasteiger partial charge on any atom is -0.391 e. The van der Waals surface area contributed by atoms with Crippen LogP contribution in [-0.4, -0.2) is 11.2 Å². The smallest absolute Gasteiger partial charge is 0.142 e. The van der Waals surface area contributed by atoms with Gasteiger partial charge in [-0.15, -0.1) is 0 Å². The summed E-state index contributed by atoms with van der Waals surface area (Å²) in [5.41, 5.74) is 7.24. The van der Waals surface area contributed by atoms with Gasteiger partial charge in [-0.3, -0.25) is 0 Å². The molecule has 2 nitrogen and oxygen atoms in total. The molecule has 2 atom stereocenters. The molecular formula is C15H15BrFNO. The number of hydrogen-bond donors (Lipinski definition) is 2. The van der Waals surface area contributed by atoms with E-state index in [1.54, 1.807) is 18.2 Å². The fourth-order valence-electron chi connectivity index (χ4n) is 1.97. The maximum absolute atomic E-state index is 13.9. The van der Waals surface area contributed by atoms with Crippen molar-refractivity contribution in [2.75, 3.05) is 0 Å². The van der Waals surface area contributed by atoms with E-state index in [1.165, 1.54) is 0 Å². The molecular weight excluding hydrogens is 309 g/mol. The van der Waals surface area contributed by atoms with Crippen molar-refractivity contribution in [2.24, 2.45) is 5.73 Å². The van der Waals surface area contributed by atoms with E-state index in [0.717, 1.165) is 5.56 Å².